The summed E-state index contributed by atoms with van der Waals surface area (Å²) in [6.07, 6.45) is 0. The van der Waals surface area contributed by atoms with E-state index in [2.05, 4.69) is 36.4 Å². The number of hydrogen-bond acceptors (Lipinski definition) is 4. The molecule has 0 aliphatic heterocycles. The highest BCUT2D eigenvalue weighted by atomic mass is 16.3. The lowest BCUT2D eigenvalue weighted by Crippen LogP contribution is -1.96. The quantitative estimate of drug-likeness (QED) is 0.229. The highest BCUT2D eigenvalue weighted by molar-refractivity contribution is 6.13. The molecule has 0 amide bonds. The third-order valence-corrected chi connectivity index (χ3v) is 7.29. The fraction of sp³-hybridized carbons (Fsp3) is 0. The highest BCUT2D eigenvalue weighted by Crippen LogP contribution is 2.41. The summed E-state index contributed by atoms with van der Waals surface area (Å²) in [5.41, 5.74) is 8.18. The lowest BCUT2D eigenvalue weighted by Gasteiger charge is -2.16. The molecule has 7 rings (SSSR count). The minimum atomic E-state index is 0.168. The molecule has 40 heavy (non-hydrogen) atoms. The number of hydrogen-bond donors (Lipinski definition) is 2. The van der Waals surface area contributed by atoms with Gasteiger partial charge in [-0.25, -0.2) is 9.97 Å². The molecule has 4 nitrogen and oxygen atoms in total. The first-order valence-electron chi connectivity index (χ1n) is 13.1. The molecule has 0 aliphatic rings. The van der Waals surface area contributed by atoms with Crippen LogP contribution in [0.1, 0.15) is 0 Å². The van der Waals surface area contributed by atoms with Crippen molar-refractivity contribution in [3.63, 3.8) is 0 Å². The van der Waals surface area contributed by atoms with Crippen molar-refractivity contribution >= 4 is 21.8 Å². The summed E-state index contributed by atoms with van der Waals surface area (Å²) in [4.78, 5) is 10.3. The molecule has 0 spiro atoms. The molecule has 0 bridgehead atoms. The van der Waals surface area contributed by atoms with Crippen LogP contribution < -0.4 is 0 Å². The van der Waals surface area contributed by atoms with E-state index >= 15 is 0 Å². The van der Waals surface area contributed by atoms with E-state index in [-0.39, 0.29) is 11.5 Å². The SMILES string of the molecule is Oc1ccccc1-c1cc(-c2ccccc2)c2ccc3c(-c4ccccc4)cc(-c4ccccc4O)nc3c2n1. The van der Waals surface area contributed by atoms with Crippen LogP contribution in [-0.4, -0.2) is 20.2 Å². The number of phenols is 2. The van der Waals surface area contributed by atoms with Crippen LogP contribution in [0, 0.1) is 0 Å². The minimum absolute atomic E-state index is 0.168. The maximum absolute atomic E-state index is 10.7. The van der Waals surface area contributed by atoms with Crippen LogP contribution in [0.2, 0.25) is 0 Å². The van der Waals surface area contributed by atoms with Crippen LogP contribution in [0.4, 0.5) is 0 Å². The van der Waals surface area contributed by atoms with E-state index in [1.54, 1.807) is 24.3 Å². The molecule has 7 aromatic rings. The Labute approximate surface area is 231 Å². The van der Waals surface area contributed by atoms with Crippen molar-refractivity contribution in [3.8, 4) is 56.3 Å². The summed E-state index contributed by atoms with van der Waals surface area (Å²) in [5, 5.41) is 23.4. The second kappa shape index (κ2) is 9.68. The van der Waals surface area contributed by atoms with Crippen LogP contribution in [0.25, 0.3) is 66.6 Å². The number of phenolic OH excluding ortho intramolecular Hbond substituents is 2. The third kappa shape index (κ3) is 4.03. The Bertz CT molecular complexity index is 1870. The average molecular weight is 517 g/mol. The van der Waals surface area contributed by atoms with Gasteiger partial charge in [-0.05, 0) is 58.7 Å². The lowest BCUT2D eigenvalue weighted by molar-refractivity contribution is 0.476. The number of aromatic nitrogens is 2. The van der Waals surface area contributed by atoms with Crippen molar-refractivity contribution in [2.24, 2.45) is 0 Å². The lowest BCUT2D eigenvalue weighted by atomic mass is 9.93. The van der Waals surface area contributed by atoms with Crippen molar-refractivity contribution in [3.05, 3.63) is 133 Å². The minimum Gasteiger partial charge on any atom is -0.507 e. The number of rotatable bonds is 4. The van der Waals surface area contributed by atoms with Gasteiger partial charge in [0.15, 0.2) is 0 Å². The number of pyridine rings is 2. The zero-order valence-electron chi connectivity index (χ0n) is 21.5. The summed E-state index contributed by atoms with van der Waals surface area (Å²) in [6.45, 7) is 0. The third-order valence-electron chi connectivity index (χ3n) is 7.29. The van der Waals surface area contributed by atoms with Gasteiger partial charge in [-0.15, -0.1) is 0 Å². The summed E-state index contributed by atoms with van der Waals surface area (Å²) in [7, 11) is 0. The van der Waals surface area contributed by atoms with E-state index < -0.39 is 0 Å². The fourth-order valence-electron chi connectivity index (χ4n) is 5.34. The van der Waals surface area contributed by atoms with Crippen molar-refractivity contribution in [2.75, 3.05) is 0 Å². The number of aromatic hydroxyl groups is 2. The molecule has 5 aromatic carbocycles. The Hall–Kier alpha value is -5.48. The number of fused-ring (bicyclic) bond motifs is 3. The Kier molecular flexibility index (Phi) is 5.72. The standard InChI is InChI=1S/C36H24N2O2/c39-33-17-9-7-15-27(33)31-21-29(23-11-3-1-4-12-23)25-19-20-26-30(24-13-5-2-6-14-24)22-32(38-36(26)35(25)37-31)28-16-8-10-18-34(28)40/h1-22,39-40H. The first-order valence-corrected chi connectivity index (χ1v) is 13.1. The van der Waals surface area contributed by atoms with Gasteiger partial charge < -0.3 is 10.2 Å². The van der Waals surface area contributed by atoms with Crippen LogP contribution in [0.5, 0.6) is 11.5 Å². The van der Waals surface area contributed by atoms with Gasteiger partial charge in [0.05, 0.1) is 22.4 Å². The van der Waals surface area contributed by atoms with Crippen molar-refractivity contribution in [1.82, 2.24) is 9.97 Å². The first-order chi connectivity index (χ1) is 19.7. The van der Waals surface area contributed by atoms with E-state index in [0.717, 1.165) is 44.1 Å². The van der Waals surface area contributed by atoms with E-state index in [4.69, 9.17) is 9.97 Å². The van der Waals surface area contributed by atoms with Crippen LogP contribution in [0.3, 0.4) is 0 Å². The first kappa shape index (κ1) is 23.6. The largest absolute Gasteiger partial charge is 0.507 e. The van der Waals surface area contributed by atoms with Crippen molar-refractivity contribution in [1.29, 1.82) is 0 Å². The summed E-state index contributed by atoms with van der Waals surface area (Å²) >= 11 is 0. The van der Waals surface area contributed by atoms with Gasteiger partial charge in [-0.3, -0.25) is 0 Å². The molecule has 0 radical (unpaired) electrons. The molecule has 4 heteroatoms. The average Bonchev–Trinajstić information content (AvgIpc) is 3.01. The molecular formula is C36H24N2O2. The van der Waals surface area contributed by atoms with E-state index in [1.165, 1.54) is 0 Å². The van der Waals surface area contributed by atoms with Crippen LogP contribution in [0.15, 0.2) is 133 Å². The molecule has 0 unspecified atom stereocenters. The van der Waals surface area contributed by atoms with Gasteiger partial charge in [0.2, 0.25) is 0 Å². The molecular weight excluding hydrogens is 492 g/mol. The van der Waals surface area contributed by atoms with Gasteiger partial charge in [0, 0.05) is 21.9 Å². The predicted octanol–water partition coefficient (Wildman–Crippen LogP) is 8.86. The van der Waals surface area contributed by atoms with Crippen molar-refractivity contribution in [2.45, 2.75) is 0 Å². The Morgan fingerprint density at radius 1 is 0.375 bits per heavy atom. The summed E-state index contributed by atoms with van der Waals surface area (Å²) < 4.78 is 0. The van der Waals surface area contributed by atoms with Gasteiger partial charge in [-0.1, -0.05) is 97.1 Å². The van der Waals surface area contributed by atoms with Crippen molar-refractivity contribution < 1.29 is 10.2 Å². The smallest absolute Gasteiger partial charge is 0.124 e. The Balaban J connectivity index is 1.63. The summed E-state index contributed by atoms with van der Waals surface area (Å²) in [6, 6.07) is 43.2. The zero-order chi connectivity index (χ0) is 27.1. The molecule has 0 saturated heterocycles. The van der Waals surface area contributed by atoms with E-state index in [0.29, 0.717) is 22.5 Å². The number of nitrogens with zero attached hydrogens (tertiary/aromatic N) is 2. The number of benzene rings is 5. The van der Waals surface area contributed by atoms with Crippen LogP contribution in [-0.2, 0) is 0 Å². The van der Waals surface area contributed by atoms with E-state index in [1.807, 2.05) is 72.8 Å². The van der Waals surface area contributed by atoms with E-state index in [9.17, 15) is 10.2 Å². The summed E-state index contributed by atoms with van der Waals surface area (Å²) in [5.74, 6) is 0.336. The fourth-order valence-corrected chi connectivity index (χ4v) is 5.34. The van der Waals surface area contributed by atoms with Gasteiger partial charge in [-0.2, -0.15) is 0 Å². The molecule has 190 valence electrons. The monoisotopic (exact) mass is 516 g/mol. The molecule has 2 aromatic heterocycles. The topological polar surface area (TPSA) is 66.2 Å². The second-order valence-corrected chi connectivity index (χ2v) is 9.73. The molecule has 0 atom stereocenters. The number of para-hydroxylation sites is 2. The molecule has 0 fully saturated rings. The molecule has 2 heterocycles. The molecule has 0 saturated carbocycles. The molecule has 0 aliphatic carbocycles. The maximum atomic E-state index is 10.7. The highest BCUT2D eigenvalue weighted by Gasteiger charge is 2.18. The van der Waals surface area contributed by atoms with Crippen LogP contribution >= 0.6 is 0 Å². The zero-order valence-corrected chi connectivity index (χ0v) is 21.5. The second-order valence-electron chi connectivity index (χ2n) is 9.73. The van der Waals surface area contributed by atoms with Gasteiger partial charge in [0.1, 0.15) is 11.5 Å². The molecule has 2 N–H and O–H groups in total. The van der Waals surface area contributed by atoms with Gasteiger partial charge >= 0.3 is 0 Å². The normalized spacial score (nSPS) is 11.2. The maximum Gasteiger partial charge on any atom is 0.124 e. The Morgan fingerprint density at radius 2 is 0.750 bits per heavy atom. The van der Waals surface area contributed by atoms with Gasteiger partial charge in [0.25, 0.3) is 0 Å². The predicted molar refractivity (Wildman–Crippen MR) is 162 cm³/mol. The Morgan fingerprint density at radius 3 is 1.15 bits per heavy atom.